The molecule has 3 heteroatoms. The van der Waals surface area contributed by atoms with Crippen molar-refractivity contribution in [3.8, 4) is 5.75 Å². The van der Waals surface area contributed by atoms with Crippen molar-refractivity contribution in [3.05, 3.63) is 64.7 Å². The Morgan fingerprint density at radius 1 is 1.10 bits per heavy atom. The highest BCUT2D eigenvalue weighted by atomic mass is 35.5. The Hall–Kier alpha value is -1.80. The van der Waals surface area contributed by atoms with Crippen molar-refractivity contribution in [2.45, 2.75) is 32.9 Å². The summed E-state index contributed by atoms with van der Waals surface area (Å²) in [5.74, 6) is 0.852. The molecule has 0 saturated heterocycles. The van der Waals surface area contributed by atoms with E-state index in [4.69, 9.17) is 16.3 Å². The topological polar surface area (TPSA) is 21.6 Å². The van der Waals surface area contributed by atoms with Crippen LogP contribution in [0, 0.1) is 0 Å². The zero-order chi connectivity index (χ0) is 15.1. The van der Waals surface area contributed by atoms with E-state index in [1.807, 2.05) is 54.7 Å². The molecule has 1 atom stereocenters. The van der Waals surface area contributed by atoms with Gasteiger partial charge in [0.15, 0.2) is 0 Å². The molecular weight excluding hydrogens is 282 g/mol. The molecule has 21 heavy (non-hydrogen) atoms. The van der Waals surface area contributed by atoms with Crippen LogP contribution in [0.15, 0.2) is 53.5 Å². The molecule has 0 heterocycles. The van der Waals surface area contributed by atoms with Crippen LogP contribution in [-0.2, 0) is 6.61 Å². The van der Waals surface area contributed by atoms with Crippen LogP contribution in [0.3, 0.4) is 0 Å². The van der Waals surface area contributed by atoms with Crippen LogP contribution in [0.1, 0.15) is 31.4 Å². The summed E-state index contributed by atoms with van der Waals surface area (Å²) in [6, 6.07) is 16.0. The van der Waals surface area contributed by atoms with E-state index in [2.05, 4.69) is 18.8 Å². The van der Waals surface area contributed by atoms with E-state index in [1.165, 1.54) is 0 Å². The van der Waals surface area contributed by atoms with Gasteiger partial charge in [-0.25, -0.2) is 0 Å². The number of ether oxygens (including phenoxy) is 1. The monoisotopic (exact) mass is 301 g/mol. The fraction of sp³-hybridized carbons (Fsp3) is 0.278. The fourth-order valence-electron chi connectivity index (χ4n) is 1.72. The van der Waals surface area contributed by atoms with Gasteiger partial charge in [-0.2, -0.15) is 0 Å². The summed E-state index contributed by atoms with van der Waals surface area (Å²) in [6.45, 7) is 4.78. The van der Waals surface area contributed by atoms with E-state index in [0.29, 0.717) is 12.6 Å². The molecule has 110 valence electrons. The third-order valence-electron chi connectivity index (χ3n) is 3.27. The van der Waals surface area contributed by atoms with Crippen LogP contribution >= 0.6 is 11.6 Å². The van der Waals surface area contributed by atoms with Crippen LogP contribution in [0.2, 0.25) is 5.02 Å². The van der Waals surface area contributed by atoms with Crippen LogP contribution in [0.4, 0.5) is 0 Å². The summed E-state index contributed by atoms with van der Waals surface area (Å²) in [6.07, 6.45) is 2.97. The summed E-state index contributed by atoms with van der Waals surface area (Å²) in [5.41, 5.74) is 2.19. The largest absolute Gasteiger partial charge is 0.489 e. The molecule has 2 rings (SSSR count). The van der Waals surface area contributed by atoms with Gasteiger partial charge in [-0.15, -0.1) is 0 Å². The second kappa shape index (κ2) is 7.84. The highest BCUT2D eigenvalue weighted by Crippen LogP contribution is 2.15. The van der Waals surface area contributed by atoms with Crippen molar-refractivity contribution in [2.75, 3.05) is 0 Å². The Bertz CT molecular complexity index is 575. The minimum absolute atomic E-state index is 0.367. The molecule has 2 aromatic rings. The third-order valence-corrected chi connectivity index (χ3v) is 3.52. The maximum absolute atomic E-state index is 5.86. The Balaban J connectivity index is 1.90. The molecule has 2 aromatic carbocycles. The van der Waals surface area contributed by atoms with Crippen molar-refractivity contribution in [3.63, 3.8) is 0 Å². The number of hydrogen-bond donors (Lipinski definition) is 0. The lowest BCUT2D eigenvalue weighted by molar-refractivity contribution is 0.306. The average molecular weight is 302 g/mol. The fourth-order valence-corrected chi connectivity index (χ4v) is 1.84. The van der Waals surface area contributed by atoms with Gasteiger partial charge in [0.25, 0.3) is 0 Å². The predicted octanol–water partition coefficient (Wildman–Crippen LogP) is 5.14. The Labute approximate surface area is 131 Å². The highest BCUT2D eigenvalue weighted by molar-refractivity contribution is 6.30. The van der Waals surface area contributed by atoms with Gasteiger partial charge >= 0.3 is 0 Å². The van der Waals surface area contributed by atoms with E-state index in [9.17, 15) is 0 Å². The maximum atomic E-state index is 5.86. The lowest BCUT2D eigenvalue weighted by atomic mass is 10.2. The maximum Gasteiger partial charge on any atom is 0.119 e. The van der Waals surface area contributed by atoms with Crippen molar-refractivity contribution in [1.29, 1.82) is 0 Å². The van der Waals surface area contributed by atoms with E-state index in [0.717, 1.165) is 28.3 Å². The van der Waals surface area contributed by atoms with Gasteiger partial charge in [0.2, 0.25) is 0 Å². The number of rotatable bonds is 6. The van der Waals surface area contributed by atoms with Gasteiger partial charge in [0.1, 0.15) is 12.4 Å². The summed E-state index contributed by atoms with van der Waals surface area (Å²) in [7, 11) is 0. The molecule has 2 nitrogen and oxygen atoms in total. The van der Waals surface area contributed by atoms with Gasteiger partial charge in [0, 0.05) is 17.3 Å². The second-order valence-corrected chi connectivity index (χ2v) is 5.46. The zero-order valence-electron chi connectivity index (χ0n) is 12.4. The van der Waals surface area contributed by atoms with Crippen molar-refractivity contribution >= 4 is 17.8 Å². The molecule has 0 spiro atoms. The summed E-state index contributed by atoms with van der Waals surface area (Å²) >= 11 is 5.86. The SMILES string of the molecule is CCC(C)N=Cc1ccc(OCc2ccc(Cl)cc2)cc1. The number of benzene rings is 2. The van der Waals surface area contributed by atoms with Crippen molar-refractivity contribution in [2.24, 2.45) is 4.99 Å². The molecule has 0 saturated carbocycles. The molecule has 0 amide bonds. The van der Waals surface area contributed by atoms with Gasteiger partial charge in [-0.05, 0) is 60.9 Å². The Morgan fingerprint density at radius 3 is 2.38 bits per heavy atom. The number of hydrogen-bond acceptors (Lipinski definition) is 2. The Morgan fingerprint density at radius 2 is 1.76 bits per heavy atom. The number of aliphatic imine (C=N–C) groups is 1. The summed E-state index contributed by atoms with van der Waals surface area (Å²) in [4.78, 5) is 4.47. The highest BCUT2D eigenvalue weighted by Gasteiger charge is 1.97. The normalized spacial score (nSPS) is 12.5. The van der Waals surface area contributed by atoms with Crippen molar-refractivity contribution in [1.82, 2.24) is 0 Å². The Kier molecular flexibility index (Phi) is 5.82. The van der Waals surface area contributed by atoms with E-state index in [-0.39, 0.29) is 0 Å². The molecule has 0 N–H and O–H groups in total. The van der Waals surface area contributed by atoms with E-state index >= 15 is 0 Å². The molecular formula is C18H20ClNO. The van der Waals surface area contributed by atoms with Gasteiger partial charge in [0.05, 0.1) is 0 Å². The third kappa shape index (κ3) is 5.24. The summed E-state index contributed by atoms with van der Waals surface area (Å²) < 4.78 is 5.75. The smallest absolute Gasteiger partial charge is 0.119 e. The lowest BCUT2D eigenvalue weighted by Crippen LogP contribution is -1.96. The molecule has 0 radical (unpaired) electrons. The molecule has 1 unspecified atom stereocenters. The first-order valence-electron chi connectivity index (χ1n) is 7.18. The van der Waals surface area contributed by atoms with Crippen molar-refractivity contribution < 1.29 is 4.74 Å². The van der Waals surface area contributed by atoms with E-state index < -0.39 is 0 Å². The minimum Gasteiger partial charge on any atom is -0.489 e. The standard InChI is InChI=1S/C18H20ClNO/c1-3-14(2)20-12-15-6-10-18(11-7-15)21-13-16-4-8-17(19)9-5-16/h4-12,14H,3,13H2,1-2H3. The van der Waals surface area contributed by atoms with Crippen LogP contribution in [-0.4, -0.2) is 12.3 Å². The average Bonchev–Trinajstić information content (AvgIpc) is 2.53. The second-order valence-electron chi connectivity index (χ2n) is 5.02. The first kappa shape index (κ1) is 15.6. The first-order valence-corrected chi connectivity index (χ1v) is 7.55. The predicted molar refractivity (Wildman–Crippen MR) is 89.6 cm³/mol. The zero-order valence-corrected chi connectivity index (χ0v) is 13.2. The molecule has 0 aromatic heterocycles. The minimum atomic E-state index is 0.367. The number of halogens is 1. The van der Waals surface area contributed by atoms with E-state index in [1.54, 1.807) is 0 Å². The van der Waals surface area contributed by atoms with Crippen LogP contribution in [0.5, 0.6) is 5.75 Å². The quantitative estimate of drug-likeness (QED) is 0.677. The molecule has 0 bridgehead atoms. The molecule has 0 fully saturated rings. The van der Waals surface area contributed by atoms with Crippen LogP contribution in [0.25, 0.3) is 0 Å². The molecule has 0 aliphatic heterocycles. The first-order chi connectivity index (χ1) is 10.2. The molecule has 0 aliphatic carbocycles. The number of nitrogens with zero attached hydrogens (tertiary/aromatic N) is 1. The van der Waals surface area contributed by atoms with Gasteiger partial charge in [-0.3, -0.25) is 4.99 Å². The molecule has 0 aliphatic rings. The summed E-state index contributed by atoms with van der Waals surface area (Å²) in [5, 5.41) is 0.740. The van der Waals surface area contributed by atoms with Gasteiger partial charge < -0.3 is 4.74 Å². The van der Waals surface area contributed by atoms with Crippen LogP contribution < -0.4 is 4.74 Å². The van der Waals surface area contributed by atoms with Gasteiger partial charge in [-0.1, -0.05) is 30.7 Å². The lowest BCUT2D eigenvalue weighted by Gasteiger charge is -2.07.